The van der Waals surface area contributed by atoms with E-state index in [9.17, 15) is 4.79 Å². The summed E-state index contributed by atoms with van der Waals surface area (Å²) >= 11 is 0. The lowest BCUT2D eigenvalue weighted by Gasteiger charge is -2.21. The molecule has 4 rings (SSSR count). The van der Waals surface area contributed by atoms with Gasteiger partial charge >= 0.3 is 0 Å². The molecule has 19 heavy (non-hydrogen) atoms. The summed E-state index contributed by atoms with van der Waals surface area (Å²) in [5, 5.41) is 3.59. The molecule has 98 valence electrons. The molecule has 1 aromatic heterocycles. The first kappa shape index (κ1) is 11.0. The Hall–Kier alpha value is -1.88. The van der Waals surface area contributed by atoms with E-state index in [1.54, 1.807) is 12.1 Å². The molecule has 5 nitrogen and oxygen atoms in total. The Kier molecular flexibility index (Phi) is 2.07. The van der Waals surface area contributed by atoms with E-state index in [1.807, 2.05) is 6.07 Å². The molecular weight excluding hydrogens is 242 g/mol. The van der Waals surface area contributed by atoms with Crippen LogP contribution in [0.5, 0.6) is 0 Å². The molecule has 0 saturated carbocycles. The zero-order chi connectivity index (χ0) is 13.0. The van der Waals surface area contributed by atoms with Crippen molar-refractivity contribution in [1.29, 1.82) is 0 Å². The van der Waals surface area contributed by atoms with Gasteiger partial charge in [-0.05, 0) is 37.8 Å². The molecule has 0 radical (unpaired) electrons. The van der Waals surface area contributed by atoms with Crippen LogP contribution in [-0.2, 0) is 5.54 Å². The van der Waals surface area contributed by atoms with Crippen LogP contribution in [0.2, 0.25) is 0 Å². The van der Waals surface area contributed by atoms with Crippen LogP contribution in [0.3, 0.4) is 0 Å². The highest BCUT2D eigenvalue weighted by Crippen LogP contribution is 2.45. The molecule has 0 spiro atoms. The number of para-hydroxylation sites is 1. The number of amides is 1. The summed E-state index contributed by atoms with van der Waals surface area (Å²) in [4.78, 5) is 16.0. The van der Waals surface area contributed by atoms with E-state index in [-0.39, 0.29) is 5.54 Å². The Morgan fingerprint density at radius 1 is 1.42 bits per heavy atom. The highest BCUT2D eigenvalue weighted by atomic mass is 16.4. The largest absolute Gasteiger partial charge is 0.439 e. The highest BCUT2D eigenvalue weighted by Gasteiger charge is 2.48. The Labute approximate surface area is 110 Å². The number of primary amides is 1. The molecular formula is C14H15N3O2. The molecule has 2 saturated heterocycles. The molecule has 0 atom stereocenters. The molecule has 2 fully saturated rings. The van der Waals surface area contributed by atoms with Crippen LogP contribution in [0.4, 0.5) is 0 Å². The van der Waals surface area contributed by atoms with Gasteiger partial charge in [-0.25, -0.2) is 4.98 Å². The van der Waals surface area contributed by atoms with Crippen molar-refractivity contribution in [3.05, 3.63) is 29.7 Å². The normalized spacial score (nSPS) is 29.2. The summed E-state index contributed by atoms with van der Waals surface area (Å²) in [5.74, 6) is 0.239. The van der Waals surface area contributed by atoms with Gasteiger partial charge in [-0.15, -0.1) is 0 Å². The van der Waals surface area contributed by atoms with E-state index < -0.39 is 5.91 Å². The van der Waals surface area contributed by atoms with Crippen molar-refractivity contribution >= 4 is 17.0 Å². The smallest absolute Gasteiger partial charge is 0.251 e. The van der Waals surface area contributed by atoms with Crippen molar-refractivity contribution in [3.8, 4) is 0 Å². The van der Waals surface area contributed by atoms with E-state index in [0.717, 1.165) is 12.8 Å². The number of carbonyl (C=O) groups excluding carboxylic acids is 1. The average Bonchev–Trinajstić information content (AvgIpc) is 3.11. The monoisotopic (exact) mass is 257 g/mol. The van der Waals surface area contributed by atoms with Gasteiger partial charge in [-0.3, -0.25) is 4.79 Å². The second-order valence-electron chi connectivity index (χ2n) is 5.54. The molecule has 1 amide bonds. The summed E-state index contributed by atoms with van der Waals surface area (Å²) in [5.41, 5.74) is 6.90. The topological polar surface area (TPSA) is 81.2 Å². The van der Waals surface area contributed by atoms with E-state index in [0.29, 0.717) is 28.6 Å². The van der Waals surface area contributed by atoms with Crippen LogP contribution in [0.1, 0.15) is 41.9 Å². The molecule has 2 aliphatic rings. The number of nitrogens with zero attached hydrogens (tertiary/aromatic N) is 1. The van der Waals surface area contributed by atoms with Crippen LogP contribution >= 0.6 is 0 Å². The minimum atomic E-state index is -0.466. The maximum Gasteiger partial charge on any atom is 0.251 e. The molecule has 1 aromatic carbocycles. The number of benzene rings is 1. The van der Waals surface area contributed by atoms with Crippen LogP contribution in [0.25, 0.3) is 11.1 Å². The fourth-order valence-corrected chi connectivity index (χ4v) is 3.42. The lowest BCUT2D eigenvalue weighted by Crippen LogP contribution is -2.33. The minimum absolute atomic E-state index is 0.126. The van der Waals surface area contributed by atoms with Gasteiger partial charge in [0.1, 0.15) is 5.52 Å². The van der Waals surface area contributed by atoms with Crippen molar-refractivity contribution < 1.29 is 9.21 Å². The lowest BCUT2D eigenvalue weighted by molar-refractivity contribution is 0.100. The highest BCUT2D eigenvalue weighted by molar-refractivity contribution is 6.03. The van der Waals surface area contributed by atoms with E-state index in [4.69, 9.17) is 10.2 Å². The first-order valence-electron chi connectivity index (χ1n) is 6.65. The van der Waals surface area contributed by atoms with E-state index >= 15 is 0 Å². The summed E-state index contributed by atoms with van der Waals surface area (Å²) < 4.78 is 5.88. The predicted octanol–water partition coefficient (Wildman–Crippen LogP) is 1.67. The fraction of sp³-hybridized carbons (Fsp3) is 0.429. The molecule has 0 unspecified atom stereocenters. The molecule has 2 bridgehead atoms. The minimum Gasteiger partial charge on any atom is -0.439 e. The van der Waals surface area contributed by atoms with Crippen LogP contribution in [-0.4, -0.2) is 16.9 Å². The maximum absolute atomic E-state index is 11.4. The van der Waals surface area contributed by atoms with Crippen molar-refractivity contribution in [2.24, 2.45) is 5.73 Å². The molecule has 2 aliphatic heterocycles. The van der Waals surface area contributed by atoms with Gasteiger partial charge in [0.05, 0.1) is 11.1 Å². The number of hydrogen-bond donors (Lipinski definition) is 2. The zero-order valence-electron chi connectivity index (χ0n) is 10.5. The summed E-state index contributed by atoms with van der Waals surface area (Å²) in [7, 11) is 0. The Balaban J connectivity index is 1.89. The number of hydrogen-bond acceptors (Lipinski definition) is 4. The van der Waals surface area contributed by atoms with Crippen molar-refractivity contribution in [2.75, 3.05) is 0 Å². The van der Waals surface area contributed by atoms with Gasteiger partial charge in [0.2, 0.25) is 5.89 Å². The number of carbonyl (C=O) groups is 1. The maximum atomic E-state index is 11.4. The Morgan fingerprint density at radius 2 is 2.21 bits per heavy atom. The summed E-state index contributed by atoms with van der Waals surface area (Å²) in [6.45, 7) is 0. The second-order valence-corrected chi connectivity index (χ2v) is 5.54. The molecule has 0 aliphatic carbocycles. The van der Waals surface area contributed by atoms with Crippen molar-refractivity contribution in [3.63, 3.8) is 0 Å². The summed E-state index contributed by atoms with van der Waals surface area (Å²) in [6.07, 6.45) is 4.44. The third kappa shape index (κ3) is 1.45. The zero-order valence-corrected chi connectivity index (χ0v) is 10.5. The number of nitrogens with two attached hydrogens (primary N) is 1. The van der Waals surface area contributed by atoms with Crippen LogP contribution in [0, 0.1) is 0 Å². The second kappa shape index (κ2) is 3.57. The van der Waals surface area contributed by atoms with E-state index in [2.05, 4.69) is 10.3 Å². The Morgan fingerprint density at radius 3 is 2.84 bits per heavy atom. The molecule has 3 N–H and O–H groups in total. The number of aromatic nitrogens is 1. The van der Waals surface area contributed by atoms with Crippen LogP contribution < -0.4 is 11.1 Å². The van der Waals surface area contributed by atoms with E-state index in [1.165, 1.54) is 12.8 Å². The standard InChI is InChI=1S/C14H15N3O2/c15-12(18)9-2-1-3-10-11(9)16-13(19-10)14-6-4-8(17-14)5-7-14/h1-3,8,17H,4-7H2,(H2,15,18). The number of oxazole rings is 1. The first-order valence-corrected chi connectivity index (χ1v) is 6.65. The summed E-state index contributed by atoms with van der Waals surface area (Å²) in [6, 6.07) is 5.88. The third-order valence-corrected chi connectivity index (χ3v) is 4.41. The molecule has 5 heteroatoms. The van der Waals surface area contributed by atoms with Gasteiger partial charge in [0.25, 0.3) is 5.91 Å². The lowest BCUT2D eigenvalue weighted by atomic mass is 9.88. The quantitative estimate of drug-likeness (QED) is 0.857. The van der Waals surface area contributed by atoms with Gasteiger partial charge in [0.15, 0.2) is 5.58 Å². The first-order chi connectivity index (χ1) is 9.18. The SMILES string of the molecule is NC(=O)c1cccc2oc(C34CCC(CC3)N4)nc12. The van der Waals surface area contributed by atoms with Crippen molar-refractivity contribution in [1.82, 2.24) is 10.3 Å². The van der Waals surface area contributed by atoms with Crippen molar-refractivity contribution in [2.45, 2.75) is 37.3 Å². The van der Waals surface area contributed by atoms with Crippen LogP contribution in [0.15, 0.2) is 22.6 Å². The molecule has 3 heterocycles. The van der Waals surface area contributed by atoms with Gasteiger partial charge in [-0.1, -0.05) is 6.07 Å². The fourth-order valence-electron chi connectivity index (χ4n) is 3.42. The van der Waals surface area contributed by atoms with Gasteiger partial charge < -0.3 is 15.5 Å². The Bertz CT molecular complexity index is 668. The number of fused-ring (bicyclic) bond motifs is 3. The third-order valence-electron chi connectivity index (χ3n) is 4.41. The predicted molar refractivity (Wildman–Crippen MR) is 69.6 cm³/mol. The average molecular weight is 257 g/mol. The number of rotatable bonds is 2. The van der Waals surface area contributed by atoms with Gasteiger partial charge in [-0.2, -0.15) is 0 Å². The number of nitrogens with one attached hydrogen (secondary N) is 1. The molecule has 2 aromatic rings. The van der Waals surface area contributed by atoms with Gasteiger partial charge in [0, 0.05) is 6.04 Å².